The van der Waals surface area contributed by atoms with Crippen molar-refractivity contribution in [3.8, 4) is 6.07 Å². The van der Waals surface area contributed by atoms with Crippen LogP contribution in [0.2, 0.25) is 0 Å². The van der Waals surface area contributed by atoms with Crippen LogP contribution < -0.4 is 5.32 Å². The van der Waals surface area contributed by atoms with Gasteiger partial charge in [-0.25, -0.2) is 0 Å². The first-order valence-corrected chi connectivity index (χ1v) is 6.57. The van der Waals surface area contributed by atoms with Crippen molar-refractivity contribution < 1.29 is 4.74 Å². The van der Waals surface area contributed by atoms with E-state index in [-0.39, 0.29) is 0 Å². The Labute approximate surface area is 109 Å². The van der Waals surface area contributed by atoms with E-state index in [0.717, 1.165) is 31.6 Å². The van der Waals surface area contributed by atoms with Gasteiger partial charge < -0.3 is 10.1 Å². The summed E-state index contributed by atoms with van der Waals surface area (Å²) in [5.74, 6) is 0. The third-order valence-electron chi connectivity index (χ3n) is 3.55. The highest BCUT2D eigenvalue weighted by Crippen LogP contribution is 2.23. The summed E-state index contributed by atoms with van der Waals surface area (Å²) < 4.78 is 5.54. The molecule has 1 fully saturated rings. The fourth-order valence-electron chi connectivity index (χ4n) is 2.32. The number of nitrogens with zero attached hydrogens (tertiary/aromatic N) is 1. The van der Waals surface area contributed by atoms with Gasteiger partial charge in [0.05, 0.1) is 17.7 Å². The molecule has 1 aliphatic carbocycles. The SMILES string of the molecule is CCOC1CC(NCc2ccc(C#N)cc2C)C1. The van der Waals surface area contributed by atoms with Crippen LogP contribution in [0.5, 0.6) is 0 Å². The molecule has 1 aliphatic rings. The van der Waals surface area contributed by atoms with E-state index >= 15 is 0 Å². The molecule has 0 unspecified atom stereocenters. The number of hydrogen-bond donors (Lipinski definition) is 1. The normalized spacial score (nSPS) is 22.3. The predicted molar refractivity (Wildman–Crippen MR) is 71.2 cm³/mol. The quantitative estimate of drug-likeness (QED) is 0.865. The molecular formula is C15H20N2O. The zero-order valence-corrected chi connectivity index (χ0v) is 11.1. The van der Waals surface area contributed by atoms with Gasteiger partial charge in [-0.3, -0.25) is 0 Å². The van der Waals surface area contributed by atoms with Crippen LogP contribution in [0.15, 0.2) is 18.2 Å². The monoisotopic (exact) mass is 244 g/mol. The number of ether oxygens (including phenoxy) is 1. The van der Waals surface area contributed by atoms with Gasteiger partial charge in [0.1, 0.15) is 0 Å². The van der Waals surface area contributed by atoms with Crippen molar-refractivity contribution in [3.63, 3.8) is 0 Å². The lowest BCUT2D eigenvalue weighted by atomic mass is 9.89. The van der Waals surface area contributed by atoms with Gasteiger partial charge in [-0.05, 0) is 49.9 Å². The van der Waals surface area contributed by atoms with Crippen LogP contribution in [0.1, 0.15) is 36.5 Å². The van der Waals surface area contributed by atoms with E-state index in [2.05, 4.69) is 18.3 Å². The van der Waals surface area contributed by atoms with Crippen molar-refractivity contribution in [1.82, 2.24) is 5.32 Å². The summed E-state index contributed by atoms with van der Waals surface area (Å²) in [6.07, 6.45) is 2.68. The zero-order valence-electron chi connectivity index (χ0n) is 11.1. The van der Waals surface area contributed by atoms with Gasteiger partial charge in [0, 0.05) is 19.2 Å². The molecule has 0 bridgehead atoms. The minimum atomic E-state index is 0.453. The maximum atomic E-state index is 8.82. The highest BCUT2D eigenvalue weighted by molar-refractivity contribution is 5.37. The first-order chi connectivity index (χ1) is 8.72. The number of nitrogens with one attached hydrogen (secondary N) is 1. The molecule has 0 spiro atoms. The molecule has 3 heteroatoms. The van der Waals surface area contributed by atoms with Crippen molar-refractivity contribution >= 4 is 0 Å². The molecule has 2 rings (SSSR count). The molecule has 1 saturated carbocycles. The van der Waals surface area contributed by atoms with Crippen LogP contribution in [0.3, 0.4) is 0 Å². The Morgan fingerprint density at radius 1 is 1.44 bits per heavy atom. The van der Waals surface area contributed by atoms with Crippen LogP contribution in [-0.2, 0) is 11.3 Å². The molecule has 18 heavy (non-hydrogen) atoms. The Morgan fingerprint density at radius 2 is 2.22 bits per heavy atom. The summed E-state index contributed by atoms with van der Waals surface area (Å²) in [6, 6.07) is 8.61. The van der Waals surface area contributed by atoms with Gasteiger partial charge in [-0.1, -0.05) is 6.07 Å². The Morgan fingerprint density at radius 3 is 2.83 bits per heavy atom. The summed E-state index contributed by atoms with van der Waals surface area (Å²) in [7, 11) is 0. The largest absolute Gasteiger partial charge is 0.378 e. The maximum absolute atomic E-state index is 8.82. The minimum absolute atomic E-state index is 0.453. The van der Waals surface area contributed by atoms with Crippen LogP contribution in [0.25, 0.3) is 0 Å². The third kappa shape index (κ3) is 3.10. The molecule has 1 aromatic rings. The second-order valence-electron chi connectivity index (χ2n) is 4.88. The molecule has 1 aromatic carbocycles. The van der Waals surface area contributed by atoms with E-state index in [0.29, 0.717) is 12.1 Å². The maximum Gasteiger partial charge on any atom is 0.0991 e. The summed E-state index contributed by atoms with van der Waals surface area (Å²) >= 11 is 0. The highest BCUT2D eigenvalue weighted by atomic mass is 16.5. The standard InChI is InChI=1S/C15H20N2O/c1-3-18-15-7-14(8-15)17-10-13-5-4-12(9-16)6-11(13)2/h4-6,14-15,17H,3,7-8,10H2,1-2H3. The van der Waals surface area contributed by atoms with E-state index in [1.165, 1.54) is 11.1 Å². The van der Waals surface area contributed by atoms with Gasteiger partial charge in [0.25, 0.3) is 0 Å². The number of aryl methyl sites for hydroxylation is 1. The molecular weight excluding hydrogens is 224 g/mol. The number of hydrogen-bond acceptors (Lipinski definition) is 3. The molecule has 0 atom stereocenters. The number of benzene rings is 1. The average Bonchev–Trinajstić information content (AvgIpc) is 2.33. The lowest BCUT2D eigenvalue weighted by Crippen LogP contribution is -2.45. The van der Waals surface area contributed by atoms with E-state index in [1.807, 2.05) is 25.1 Å². The molecule has 0 aliphatic heterocycles. The lowest BCUT2D eigenvalue weighted by Gasteiger charge is -2.35. The second-order valence-corrected chi connectivity index (χ2v) is 4.88. The predicted octanol–water partition coefficient (Wildman–Crippen LogP) is 2.52. The van der Waals surface area contributed by atoms with Crippen molar-refractivity contribution in [2.75, 3.05) is 6.61 Å². The number of nitriles is 1. The topological polar surface area (TPSA) is 45.0 Å². The minimum Gasteiger partial charge on any atom is -0.378 e. The zero-order chi connectivity index (χ0) is 13.0. The van der Waals surface area contributed by atoms with E-state index < -0.39 is 0 Å². The first kappa shape index (κ1) is 13.1. The average molecular weight is 244 g/mol. The van der Waals surface area contributed by atoms with Crippen LogP contribution in [-0.4, -0.2) is 18.8 Å². The summed E-state index contributed by atoms with van der Waals surface area (Å²) in [4.78, 5) is 0. The highest BCUT2D eigenvalue weighted by Gasteiger charge is 2.28. The lowest BCUT2D eigenvalue weighted by molar-refractivity contribution is -0.0102. The fourth-order valence-corrected chi connectivity index (χ4v) is 2.32. The van der Waals surface area contributed by atoms with Crippen molar-refractivity contribution in [2.24, 2.45) is 0 Å². The van der Waals surface area contributed by atoms with Crippen LogP contribution >= 0.6 is 0 Å². The molecule has 0 aromatic heterocycles. The van der Waals surface area contributed by atoms with E-state index in [1.54, 1.807) is 0 Å². The molecule has 0 amide bonds. The van der Waals surface area contributed by atoms with Gasteiger partial charge in [-0.15, -0.1) is 0 Å². The van der Waals surface area contributed by atoms with Crippen molar-refractivity contribution in [3.05, 3.63) is 34.9 Å². The molecule has 96 valence electrons. The van der Waals surface area contributed by atoms with Gasteiger partial charge in [0.2, 0.25) is 0 Å². The Bertz CT molecular complexity index is 444. The summed E-state index contributed by atoms with van der Waals surface area (Å²) in [5.41, 5.74) is 3.19. The van der Waals surface area contributed by atoms with Crippen molar-refractivity contribution in [2.45, 2.75) is 45.4 Å². The summed E-state index contributed by atoms with van der Waals surface area (Å²) in [5, 5.41) is 12.4. The van der Waals surface area contributed by atoms with Gasteiger partial charge in [0.15, 0.2) is 0 Å². The van der Waals surface area contributed by atoms with Gasteiger partial charge in [-0.2, -0.15) is 5.26 Å². The Balaban J connectivity index is 1.80. The summed E-state index contributed by atoms with van der Waals surface area (Å²) in [6.45, 7) is 5.79. The smallest absolute Gasteiger partial charge is 0.0991 e. The fraction of sp³-hybridized carbons (Fsp3) is 0.533. The third-order valence-corrected chi connectivity index (χ3v) is 3.55. The molecule has 1 N–H and O–H groups in total. The van der Waals surface area contributed by atoms with E-state index in [9.17, 15) is 0 Å². The van der Waals surface area contributed by atoms with Gasteiger partial charge >= 0.3 is 0 Å². The number of rotatable bonds is 5. The molecule has 0 saturated heterocycles. The van der Waals surface area contributed by atoms with Crippen LogP contribution in [0.4, 0.5) is 0 Å². The molecule has 0 heterocycles. The first-order valence-electron chi connectivity index (χ1n) is 6.57. The Hall–Kier alpha value is -1.37. The van der Waals surface area contributed by atoms with Crippen LogP contribution in [0, 0.1) is 18.3 Å². The second kappa shape index (κ2) is 5.99. The molecule has 3 nitrogen and oxygen atoms in total. The van der Waals surface area contributed by atoms with E-state index in [4.69, 9.17) is 10.00 Å². The molecule has 0 radical (unpaired) electrons. The van der Waals surface area contributed by atoms with Crippen molar-refractivity contribution in [1.29, 1.82) is 5.26 Å². The Kier molecular flexibility index (Phi) is 4.35.